The van der Waals surface area contributed by atoms with Crippen LogP contribution in [0.25, 0.3) is 21.8 Å². The lowest BCUT2D eigenvalue weighted by Gasteiger charge is -2.07. The maximum absolute atomic E-state index is 12.5. The number of rotatable bonds is 4. The van der Waals surface area contributed by atoms with Crippen LogP contribution in [0.4, 0.5) is 5.69 Å². The highest BCUT2D eigenvalue weighted by molar-refractivity contribution is 7.13. The molecular weight excluding hydrogens is 354 g/mol. The number of hydrogen-bond donors (Lipinski definition) is 1. The van der Waals surface area contributed by atoms with Crippen LogP contribution >= 0.6 is 11.3 Å². The van der Waals surface area contributed by atoms with Gasteiger partial charge in [0.25, 0.3) is 5.91 Å². The van der Waals surface area contributed by atoms with E-state index in [0.717, 1.165) is 33.1 Å². The lowest BCUT2D eigenvalue weighted by Crippen LogP contribution is -2.11. The zero-order valence-corrected chi connectivity index (χ0v) is 15.5. The molecule has 132 valence electrons. The predicted molar refractivity (Wildman–Crippen MR) is 110 cm³/mol. The molecule has 5 heteroatoms. The van der Waals surface area contributed by atoms with Gasteiger partial charge in [-0.15, -0.1) is 11.3 Å². The van der Waals surface area contributed by atoms with Crippen LogP contribution in [0.1, 0.15) is 15.9 Å². The SMILES string of the molecule is Cc1cccc(C(=O)Nc2cccc(-c3csc(-c4cccnc4)n3)c2)c1. The van der Waals surface area contributed by atoms with Gasteiger partial charge in [0.1, 0.15) is 5.01 Å². The minimum atomic E-state index is -0.120. The second-order valence-corrected chi connectivity index (χ2v) is 7.04. The molecule has 0 aliphatic carbocycles. The third-order valence-electron chi connectivity index (χ3n) is 4.11. The molecule has 0 bridgehead atoms. The third-order valence-corrected chi connectivity index (χ3v) is 5.00. The Kier molecular flexibility index (Phi) is 4.77. The Morgan fingerprint density at radius 2 is 1.85 bits per heavy atom. The average Bonchev–Trinajstić information content (AvgIpc) is 3.19. The number of benzene rings is 2. The number of pyridine rings is 1. The Labute approximate surface area is 161 Å². The summed E-state index contributed by atoms with van der Waals surface area (Å²) >= 11 is 1.58. The predicted octanol–water partition coefficient (Wildman–Crippen LogP) is 5.43. The number of aromatic nitrogens is 2. The third kappa shape index (κ3) is 3.93. The number of carbonyl (C=O) groups is 1. The quantitative estimate of drug-likeness (QED) is 0.520. The highest BCUT2D eigenvalue weighted by atomic mass is 32.1. The number of anilines is 1. The van der Waals surface area contributed by atoms with E-state index in [1.165, 1.54) is 0 Å². The zero-order chi connectivity index (χ0) is 18.6. The minimum absolute atomic E-state index is 0.120. The molecule has 27 heavy (non-hydrogen) atoms. The van der Waals surface area contributed by atoms with Gasteiger partial charge in [-0.3, -0.25) is 9.78 Å². The molecule has 2 aromatic carbocycles. The summed E-state index contributed by atoms with van der Waals surface area (Å²) in [5.74, 6) is -0.120. The average molecular weight is 371 g/mol. The summed E-state index contributed by atoms with van der Waals surface area (Å²) in [6.45, 7) is 1.97. The molecule has 4 aromatic rings. The maximum atomic E-state index is 12.5. The van der Waals surface area contributed by atoms with E-state index in [1.54, 1.807) is 23.7 Å². The zero-order valence-electron chi connectivity index (χ0n) is 14.7. The fourth-order valence-corrected chi connectivity index (χ4v) is 3.59. The molecule has 0 unspecified atom stereocenters. The van der Waals surface area contributed by atoms with Crippen molar-refractivity contribution in [2.24, 2.45) is 0 Å². The van der Waals surface area contributed by atoms with Crippen molar-refractivity contribution in [1.29, 1.82) is 0 Å². The van der Waals surface area contributed by atoms with Gasteiger partial charge in [0, 0.05) is 40.2 Å². The Morgan fingerprint density at radius 3 is 2.67 bits per heavy atom. The van der Waals surface area contributed by atoms with Gasteiger partial charge in [-0.05, 0) is 43.3 Å². The van der Waals surface area contributed by atoms with E-state index in [9.17, 15) is 4.79 Å². The summed E-state index contributed by atoms with van der Waals surface area (Å²) in [7, 11) is 0. The van der Waals surface area contributed by atoms with Crippen molar-refractivity contribution < 1.29 is 4.79 Å². The van der Waals surface area contributed by atoms with E-state index in [-0.39, 0.29) is 5.91 Å². The molecule has 0 radical (unpaired) electrons. The number of hydrogen-bond acceptors (Lipinski definition) is 4. The fraction of sp³-hybridized carbons (Fsp3) is 0.0455. The normalized spacial score (nSPS) is 10.6. The first-order chi connectivity index (χ1) is 13.2. The molecule has 2 heterocycles. The van der Waals surface area contributed by atoms with Crippen LogP contribution in [0.15, 0.2) is 78.4 Å². The number of aryl methyl sites for hydroxylation is 1. The van der Waals surface area contributed by atoms with Crippen LogP contribution < -0.4 is 5.32 Å². The monoisotopic (exact) mass is 371 g/mol. The fourth-order valence-electron chi connectivity index (χ4n) is 2.77. The summed E-state index contributed by atoms with van der Waals surface area (Å²) in [5.41, 5.74) is 5.29. The number of nitrogens with zero attached hydrogens (tertiary/aromatic N) is 2. The smallest absolute Gasteiger partial charge is 0.255 e. The molecule has 0 spiro atoms. The molecule has 0 saturated heterocycles. The number of nitrogens with one attached hydrogen (secondary N) is 1. The lowest BCUT2D eigenvalue weighted by molar-refractivity contribution is 0.102. The van der Waals surface area contributed by atoms with Gasteiger partial charge in [0.2, 0.25) is 0 Å². The van der Waals surface area contributed by atoms with E-state index >= 15 is 0 Å². The van der Waals surface area contributed by atoms with Crippen LogP contribution in [0.5, 0.6) is 0 Å². The first-order valence-corrected chi connectivity index (χ1v) is 9.41. The van der Waals surface area contributed by atoms with Crippen molar-refractivity contribution in [2.45, 2.75) is 6.92 Å². The lowest BCUT2D eigenvalue weighted by atomic mass is 10.1. The van der Waals surface area contributed by atoms with E-state index in [4.69, 9.17) is 4.98 Å². The summed E-state index contributed by atoms with van der Waals surface area (Å²) in [6, 6.07) is 19.2. The molecule has 0 aliphatic heterocycles. The van der Waals surface area contributed by atoms with Gasteiger partial charge >= 0.3 is 0 Å². The van der Waals surface area contributed by atoms with Crippen molar-refractivity contribution in [3.8, 4) is 21.8 Å². The summed E-state index contributed by atoms with van der Waals surface area (Å²) in [6.07, 6.45) is 3.56. The van der Waals surface area contributed by atoms with Crippen LogP contribution in [0.3, 0.4) is 0 Å². The molecule has 2 aromatic heterocycles. The molecule has 1 amide bonds. The van der Waals surface area contributed by atoms with Gasteiger partial charge in [-0.1, -0.05) is 29.8 Å². The van der Waals surface area contributed by atoms with Crippen LogP contribution in [-0.2, 0) is 0 Å². The van der Waals surface area contributed by atoms with Gasteiger partial charge < -0.3 is 5.32 Å². The standard InChI is InChI=1S/C22H17N3OS/c1-15-5-2-7-17(11-15)21(26)24-19-9-3-6-16(12-19)20-14-27-22(25-20)18-8-4-10-23-13-18/h2-14H,1H3,(H,24,26). The Balaban J connectivity index is 1.56. The first-order valence-electron chi connectivity index (χ1n) is 8.53. The summed E-state index contributed by atoms with van der Waals surface area (Å²) < 4.78 is 0. The molecule has 0 saturated carbocycles. The van der Waals surface area contributed by atoms with E-state index < -0.39 is 0 Å². The second-order valence-electron chi connectivity index (χ2n) is 6.18. The largest absolute Gasteiger partial charge is 0.322 e. The first kappa shape index (κ1) is 17.1. The van der Waals surface area contributed by atoms with E-state index in [1.807, 2.05) is 73.0 Å². The second kappa shape index (κ2) is 7.51. The Bertz CT molecular complexity index is 1090. The van der Waals surface area contributed by atoms with Crippen molar-refractivity contribution in [1.82, 2.24) is 9.97 Å². The summed E-state index contributed by atoms with van der Waals surface area (Å²) in [5, 5.41) is 5.90. The highest BCUT2D eigenvalue weighted by Gasteiger charge is 2.09. The van der Waals surface area contributed by atoms with Crippen molar-refractivity contribution >= 4 is 22.9 Å². The van der Waals surface area contributed by atoms with Gasteiger partial charge in [0.15, 0.2) is 0 Å². The van der Waals surface area contributed by atoms with Crippen LogP contribution in [-0.4, -0.2) is 15.9 Å². The number of amides is 1. The molecule has 4 nitrogen and oxygen atoms in total. The Morgan fingerprint density at radius 1 is 1.00 bits per heavy atom. The topological polar surface area (TPSA) is 54.9 Å². The highest BCUT2D eigenvalue weighted by Crippen LogP contribution is 2.29. The minimum Gasteiger partial charge on any atom is -0.322 e. The molecule has 0 atom stereocenters. The van der Waals surface area contributed by atoms with Crippen LogP contribution in [0.2, 0.25) is 0 Å². The molecule has 0 fully saturated rings. The maximum Gasteiger partial charge on any atom is 0.255 e. The molecular formula is C22H17N3OS. The van der Waals surface area contributed by atoms with Crippen molar-refractivity contribution in [3.05, 3.63) is 89.6 Å². The summed E-state index contributed by atoms with van der Waals surface area (Å²) in [4.78, 5) is 21.3. The van der Waals surface area contributed by atoms with Gasteiger partial charge in [-0.25, -0.2) is 4.98 Å². The van der Waals surface area contributed by atoms with Crippen molar-refractivity contribution in [3.63, 3.8) is 0 Å². The van der Waals surface area contributed by atoms with Gasteiger partial charge in [-0.2, -0.15) is 0 Å². The molecule has 4 rings (SSSR count). The van der Waals surface area contributed by atoms with E-state index in [2.05, 4.69) is 10.3 Å². The Hall–Kier alpha value is -3.31. The number of carbonyl (C=O) groups excluding carboxylic acids is 1. The van der Waals surface area contributed by atoms with Crippen LogP contribution in [0, 0.1) is 6.92 Å². The molecule has 1 N–H and O–H groups in total. The van der Waals surface area contributed by atoms with Gasteiger partial charge in [0.05, 0.1) is 5.69 Å². The molecule has 0 aliphatic rings. The van der Waals surface area contributed by atoms with Crippen molar-refractivity contribution in [2.75, 3.05) is 5.32 Å². The number of thiazole rings is 1. The van der Waals surface area contributed by atoms with E-state index in [0.29, 0.717) is 5.56 Å².